The number of hydrogen-bond donors (Lipinski definition) is 2. The Morgan fingerprint density at radius 1 is 1.43 bits per heavy atom. The van der Waals surface area contributed by atoms with Crippen LogP contribution in [0.5, 0.6) is 0 Å². The van der Waals surface area contributed by atoms with Crippen LogP contribution in [0.2, 0.25) is 0 Å². The van der Waals surface area contributed by atoms with Crippen molar-refractivity contribution in [1.82, 2.24) is 14.8 Å². The van der Waals surface area contributed by atoms with Crippen LogP contribution >= 0.6 is 0 Å². The summed E-state index contributed by atoms with van der Waals surface area (Å²) in [4.78, 5) is 4.07. The standard InChI is InChI=1S/C9H17N3O2/c1-3-9(5-13,6-14)4-8-10-7-11-12(8)2/h7,13-14H,3-6H2,1-2H3. The Bertz CT molecular complexity index is 273. The Morgan fingerprint density at radius 2 is 2.07 bits per heavy atom. The molecule has 0 saturated heterocycles. The molecule has 0 fully saturated rings. The molecule has 0 unspecified atom stereocenters. The van der Waals surface area contributed by atoms with Gasteiger partial charge in [-0.15, -0.1) is 0 Å². The van der Waals surface area contributed by atoms with E-state index in [0.29, 0.717) is 12.8 Å². The zero-order valence-corrected chi connectivity index (χ0v) is 8.64. The van der Waals surface area contributed by atoms with Crippen LogP contribution in [0.4, 0.5) is 0 Å². The van der Waals surface area contributed by atoms with Crippen molar-refractivity contribution in [2.45, 2.75) is 19.8 Å². The van der Waals surface area contributed by atoms with Gasteiger partial charge < -0.3 is 10.2 Å². The molecule has 80 valence electrons. The molecule has 1 aromatic heterocycles. The van der Waals surface area contributed by atoms with E-state index in [-0.39, 0.29) is 13.2 Å². The average molecular weight is 199 g/mol. The highest BCUT2D eigenvalue weighted by Crippen LogP contribution is 2.24. The van der Waals surface area contributed by atoms with Gasteiger partial charge in [0.2, 0.25) is 0 Å². The van der Waals surface area contributed by atoms with E-state index in [2.05, 4.69) is 10.1 Å². The summed E-state index contributed by atoms with van der Waals surface area (Å²) in [6, 6.07) is 0. The first-order valence-corrected chi connectivity index (χ1v) is 4.72. The molecule has 0 atom stereocenters. The van der Waals surface area contributed by atoms with Crippen LogP contribution in [0.15, 0.2) is 6.33 Å². The number of hydrogen-bond acceptors (Lipinski definition) is 4. The largest absolute Gasteiger partial charge is 0.396 e. The van der Waals surface area contributed by atoms with E-state index in [0.717, 1.165) is 5.82 Å². The van der Waals surface area contributed by atoms with Crippen molar-refractivity contribution >= 4 is 0 Å². The lowest BCUT2D eigenvalue weighted by Crippen LogP contribution is -2.32. The Morgan fingerprint density at radius 3 is 2.43 bits per heavy atom. The number of aliphatic hydroxyl groups is 2. The van der Waals surface area contributed by atoms with E-state index in [4.69, 9.17) is 0 Å². The summed E-state index contributed by atoms with van der Waals surface area (Å²) in [6.07, 6.45) is 2.74. The summed E-state index contributed by atoms with van der Waals surface area (Å²) in [5.41, 5.74) is -0.471. The van der Waals surface area contributed by atoms with Gasteiger partial charge in [-0.1, -0.05) is 6.92 Å². The molecule has 0 aliphatic carbocycles. The molecule has 0 saturated carbocycles. The van der Waals surface area contributed by atoms with Crippen LogP contribution in [-0.2, 0) is 13.5 Å². The minimum absolute atomic E-state index is 0.0349. The fraction of sp³-hybridized carbons (Fsp3) is 0.778. The molecule has 0 radical (unpaired) electrons. The van der Waals surface area contributed by atoms with Gasteiger partial charge in [0.1, 0.15) is 12.2 Å². The van der Waals surface area contributed by atoms with E-state index in [1.54, 1.807) is 11.7 Å². The Hall–Kier alpha value is -0.940. The highest BCUT2D eigenvalue weighted by molar-refractivity contribution is 4.92. The van der Waals surface area contributed by atoms with E-state index in [1.165, 1.54) is 6.33 Å². The first kappa shape index (κ1) is 11.1. The molecule has 1 rings (SSSR count). The van der Waals surface area contributed by atoms with Crippen molar-refractivity contribution in [3.05, 3.63) is 12.2 Å². The lowest BCUT2D eigenvalue weighted by Gasteiger charge is -2.27. The van der Waals surface area contributed by atoms with Gasteiger partial charge in [-0.2, -0.15) is 5.10 Å². The summed E-state index contributed by atoms with van der Waals surface area (Å²) in [6.45, 7) is 1.88. The zero-order chi connectivity index (χ0) is 10.6. The predicted molar refractivity (Wildman–Crippen MR) is 51.6 cm³/mol. The average Bonchev–Trinajstić information content (AvgIpc) is 2.61. The third-order valence-electron chi connectivity index (χ3n) is 2.76. The van der Waals surface area contributed by atoms with Gasteiger partial charge in [0.25, 0.3) is 0 Å². The Kier molecular flexibility index (Phi) is 3.60. The van der Waals surface area contributed by atoms with Crippen LogP contribution in [0, 0.1) is 5.41 Å². The summed E-state index contributed by atoms with van der Waals surface area (Å²) in [7, 11) is 1.80. The molecule has 14 heavy (non-hydrogen) atoms. The zero-order valence-electron chi connectivity index (χ0n) is 8.64. The molecule has 5 nitrogen and oxygen atoms in total. The fourth-order valence-corrected chi connectivity index (χ4v) is 1.33. The molecule has 0 aliphatic heterocycles. The van der Waals surface area contributed by atoms with Crippen molar-refractivity contribution in [1.29, 1.82) is 0 Å². The van der Waals surface area contributed by atoms with Crippen molar-refractivity contribution in [2.24, 2.45) is 12.5 Å². The Labute approximate surface area is 83.4 Å². The third kappa shape index (κ3) is 2.10. The Balaban J connectivity index is 2.79. The van der Waals surface area contributed by atoms with Crippen molar-refractivity contribution < 1.29 is 10.2 Å². The topological polar surface area (TPSA) is 71.2 Å². The van der Waals surface area contributed by atoms with Crippen LogP contribution in [0.25, 0.3) is 0 Å². The quantitative estimate of drug-likeness (QED) is 0.685. The van der Waals surface area contributed by atoms with Gasteiger partial charge in [0.15, 0.2) is 0 Å². The molecule has 1 aromatic rings. The molecule has 2 N–H and O–H groups in total. The number of aliphatic hydroxyl groups excluding tert-OH is 2. The number of aromatic nitrogens is 3. The summed E-state index contributed by atoms with van der Waals surface area (Å²) < 4.78 is 1.66. The SMILES string of the molecule is CCC(CO)(CO)Cc1ncnn1C. The van der Waals surface area contributed by atoms with Gasteiger partial charge in [-0.3, -0.25) is 4.68 Å². The fourth-order valence-electron chi connectivity index (χ4n) is 1.33. The molecule has 0 bridgehead atoms. The lowest BCUT2D eigenvalue weighted by molar-refractivity contribution is 0.0490. The van der Waals surface area contributed by atoms with Gasteiger partial charge in [-0.25, -0.2) is 4.98 Å². The van der Waals surface area contributed by atoms with E-state index >= 15 is 0 Å². The normalized spacial score (nSPS) is 12.0. The van der Waals surface area contributed by atoms with E-state index < -0.39 is 5.41 Å². The monoisotopic (exact) mass is 199 g/mol. The first-order valence-electron chi connectivity index (χ1n) is 4.72. The molecule has 0 spiro atoms. The second-order valence-corrected chi connectivity index (χ2v) is 3.65. The molecule has 0 amide bonds. The highest BCUT2D eigenvalue weighted by Gasteiger charge is 2.28. The second-order valence-electron chi connectivity index (χ2n) is 3.65. The molecule has 1 heterocycles. The minimum Gasteiger partial charge on any atom is -0.396 e. The van der Waals surface area contributed by atoms with E-state index in [1.807, 2.05) is 6.92 Å². The number of aryl methyl sites for hydroxylation is 1. The van der Waals surface area contributed by atoms with E-state index in [9.17, 15) is 10.2 Å². The van der Waals surface area contributed by atoms with Crippen molar-refractivity contribution in [3.63, 3.8) is 0 Å². The molecule has 5 heteroatoms. The van der Waals surface area contributed by atoms with Gasteiger partial charge >= 0.3 is 0 Å². The molecule has 0 aliphatic rings. The molecular formula is C9H17N3O2. The maximum atomic E-state index is 9.25. The summed E-state index contributed by atoms with van der Waals surface area (Å²) >= 11 is 0. The van der Waals surface area contributed by atoms with Crippen LogP contribution < -0.4 is 0 Å². The molecule has 0 aromatic carbocycles. The molecular weight excluding hydrogens is 182 g/mol. The first-order chi connectivity index (χ1) is 6.67. The smallest absolute Gasteiger partial charge is 0.138 e. The maximum Gasteiger partial charge on any atom is 0.138 e. The van der Waals surface area contributed by atoms with Crippen LogP contribution in [0.1, 0.15) is 19.2 Å². The summed E-state index contributed by atoms with van der Waals surface area (Å²) in [5.74, 6) is 0.787. The lowest BCUT2D eigenvalue weighted by atomic mass is 9.83. The van der Waals surface area contributed by atoms with Crippen LogP contribution in [-0.4, -0.2) is 38.2 Å². The number of nitrogens with zero attached hydrogens (tertiary/aromatic N) is 3. The minimum atomic E-state index is -0.471. The van der Waals surface area contributed by atoms with Gasteiger partial charge in [-0.05, 0) is 6.42 Å². The second kappa shape index (κ2) is 4.52. The van der Waals surface area contributed by atoms with Gasteiger partial charge in [0, 0.05) is 18.9 Å². The van der Waals surface area contributed by atoms with Crippen molar-refractivity contribution in [2.75, 3.05) is 13.2 Å². The predicted octanol–water partition coefficient (Wildman–Crippen LogP) is -0.261. The third-order valence-corrected chi connectivity index (χ3v) is 2.76. The highest BCUT2D eigenvalue weighted by atomic mass is 16.3. The maximum absolute atomic E-state index is 9.25. The van der Waals surface area contributed by atoms with Gasteiger partial charge in [0.05, 0.1) is 13.2 Å². The summed E-state index contributed by atoms with van der Waals surface area (Å²) in [5, 5.41) is 22.4. The van der Waals surface area contributed by atoms with Crippen molar-refractivity contribution in [3.8, 4) is 0 Å². The number of rotatable bonds is 5. The van der Waals surface area contributed by atoms with Crippen LogP contribution in [0.3, 0.4) is 0 Å².